The lowest BCUT2D eigenvalue weighted by atomic mass is 10.1. The maximum absolute atomic E-state index is 5.86. The van der Waals surface area contributed by atoms with Crippen LogP contribution in [0, 0.1) is 0 Å². The predicted molar refractivity (Wildman–Crippen MR) is 92.8 cm³/mol. The van der Waals surface area contributed by atoms with E-state index in [4.69, 9.17) is 16.6 Å². The summed E-state index contributed by atoms with van der Waals surface area (Å²) in [5, 5.41) is 9.06. The smallest absolute Gasteiger partial charge is 0.171 e. The van der Waals surface area contributed by atoms with E-state index in [1.807, 2.05) is 43.3 Å². The van der Waals surface area contributed by atoms with Crippen LogP contribution < -0.4 is 10.6 Å². The molecule has 0 amide bonds. The molecule has 0 saturated heterocycles. The number of hydrogen-bond donors (Lipinski definition) is 2. The van der Waals surface area contributed by atoms with Crippen LogP contribution in [-0.4, -0.2) is 11.7 Å². The lowest BCUT2D eigenvalue weighted by Gasteiger charge is -2.10. The van der Waals surface area contributed by atoms with Gasteiger partial charge in [-0.3, -0.25) is 0 Å². The molecule has 0 saturated carbocycles. The largest absolute Gasteiger partial charge is 0.456 e. The molecule has 0 fully saturated rings. The molecule has 3 rings (SSSR count). The molecule has 0 aliphatic carbocycles. The van der Waals surface area contributed by atoms with E-state index in [1.165, 1.54) is 0 Å². The third kappa shape index (κ3) is 2.90. The third-order valence-electron chi connectivity index (χ3n) is 3.19. The van der Waals surface area contributed by atoms with Gasteiger partial charge in [-0.05, 0) is 37.3 Å². The van der Waals surface area contributed by atoms with Crippen LogP contribution in [0.25, 0.3) is 21.9 Å². The van der Waals surface area contributed by atoms with Crippen molar-refractivity contribution in [1.82, 2.24) is 5.32 Å². The zero-order valence-electron chi connectivity index (χ0n) is 11.8. The summed E-state index contributed by atoms with van der Waals surface area (Å²) in [6, 6.07) is 14.0. The summed E-state index contributed by atoms with van der Waals surface area (Å²) < 4.78 is 5.86. The lowest BCUT2D eigenvalue weighted by Crippen LogP contribution is -2.29. The maximum Gasteiger partial charge on any atom is 0.171 e. The molecular weight excluding hydrogens is 280 g/mol. The van der Waals surface area contributed by atoms with E-state index in [-0.39, 0.29) is 0 Å². The number of anilines is 1. The topological polar surface area (TPSA) is 37.2 Å². The van der Waals surface area contributed by atoms with Crippen LogP contribution in [0.3, 0.4) is 0 Å². The Hall–Kier alpha value is -2.33. The number of fused-ring (bicyclic) bond motifs is 3. The molecule has 3 nitrogen and oxygen atoms in total. The van der Waals surface area contributed by atoms with Crippen LogP contribution >= 0.6 is 12.2 Å². The second kappa shape index (κ2) is 5.58. The molecule has 2 N–H and O–H groups in total. The van der Waals surface area contributed by atoms with Gasteiger partial charge < -0.3 is 15.1 Å². The van der Waals surface area contributed by atoms with E-state index < -0.39 is 0 Å². The van der Waals surface area contributed by atoms with Crippen molar-refractivity contribution < 1.29 is 4.42 Å². The quantitative estimate of drug-likeness (QED) is 0.553. The molecule has 0 spiro atoms. The molecule has 2 aromatic carbocycles. The molecule has 1 aromatic heterocycles. The Kier molecular flexibility index (Phi) is 3.62. The molecule has 0 aliphatic rings. The van der Waals surface area contributed by atoms with Crippen molar-refractivity contribution in [3.05, 3.63) is 54.6 Å². The fraction of sp³-hybridized carbons (Fsp3) is 0.118. The molecule has 0 atom stereocenters. The normalized spacial score (nSPS) is 10.7. The third-order valence-corrected chi connectivity index (χ3v) is 3.43. The van der Waals surface area contributed by atoms with Crippen molar-refractivity contribution >= 4 is 45.0 Å². The first-order chi connectivity index (χ1) is 10.1. The number of para-hydroxylation sites is 1. The van der Waals surface area contributed by atoms with Gasteiger partial charge in [0.25, 0.3) is 0 Å². The zero-order chi connectivity index (χ0) is 14.8. The second-order valence-corrected chi connectivity index (χ2v) is 5.48. The highest BCUT2D eigenvalue weighted by atomic mass is 32.1. The highest BCUT2D eigenvalue weighted by Crippen LogP contribution is 2.30. The van der Waals surface area contributed by atoms with Crippen molar-refractivity contribution in [2.75, 3.05) is 11.9 Å². The van der Waals surface area contributed by atoms with E-state index in [2.05, 4.69) is 23.3 Å². The Balaban J connectivity index is 1.86. The average molecular weight is 296 g/mol. The Morgan fingerprint density at radius 3 is 2.71 bits per heavy atom. The Morgan fingerprint density at radius 1 is 1.14 bits per heavy atom. The summed E-state index contributed by atoms with van der Waals surface area (Å²) in [4.78, 5) is 0. The fourth-order valence-corrected chi connectivity index (χ4v) is 2.40. The van der Waals surface area contributed by atoms with Crippen molar-refractivity contribution in [2.24, 2.45) is 0 Å². The minimum atomic E-state index is 0.577. The molecule has 21 heavy (non-hydrogen) atoms. The van der Waals surface area contributed by atoms with E-state index >= 15 is 0 Å². The number of thiocarbonyl (C=S) groups is 1. The minimum Gasteiger partial charge on any atom is -0.456 e. The summed E-state index contributed by atoms with van der Waals surface area (Å²) in [5.74, 6) is 0. The van der Waals surface area contributed by atoms with Crippen molar-refractivity contribution in [3.8, 4) is 0 Å². The van der Waals surface area contributed by atoms with E-state index in [0.717, 1.165) is 33.2 Å². The molecule has 0 bridgehead atoms. The van der Waals surface area contributed by atoms with Gasteiger partial charge in [0.2, 0.25) is 0 Å². The first-order valence-corrected chi connectivity index (χ1v) is 7.15. The van der Waals surface area contributed by atoms with Crippen LogP contribution in [-0.2, 0) is 0 Å². The van der Waals surface area contributed by atoms with Gasteiger partial charge in [0.15, 0.2) is 5.11 Å². The van der Waals surface area contributed by atoms with E-state index in [0.29, 0.717) is 11.7 Å². The SMILES string of the molecule is C=C(C)CNC(=S)Nc1ccc2c(c1)oc1ccccc12. The number of nitrogens with one attached hydrogen (secondary N) is 2. The Bertz CT molecular complexity index is 835. The summed E-state index contributed by atoms with van der Waals surface area (Å²) >= 11 is 5.25. The van der Waals surface area contributed by atoms with Crippen molar-refractivity contribution in [2.45, 2.75) is 6.92 Å². The average Bonchev–Trinajstić information content (AvgIpc) is 2.82. The van der Waals surface area contributed by atoms with Crippen LogP contribution in [0.2, 0.25) is 0 Å². The summed E-state index contributed by atoms with van der Waals surface area (Å²) in [5.41, 5.74) is 3.68. The molecule has 0 unspecified atom stereocenters. The molecule has 106 valence electrons. The molecule has 0 aliphatic heterocycles. The van der Waals surface area contributed by atoms with Gasteiger partial charge in [-0.2, -0.15) is 0 Å². The first-order valence-electron chi connectivity index (χ1n) is 6.74. The number of furan rings is 1. The highest BCUT2D eigenvalue weighted by Gasteiger charge is 2.07. The second-order valence-electron chi connectivity index (χ2n) is 5.07. The fourth-order valence-electron chi connectivity index (χ4n) is 2.21. The monoisotopic (exact) mass is 296 g/mol. The van der Waals surface area contributed by atoms with Gasteiger partial charge in [-0.1, -0.05) is 30.4 Å². The molecule has 4 heteroatoms. The summed E-state index contributed by atoms with van der Waals surface area (Å²) in [6.45, 7) is 6.45. The van der Waals surface area contributed by atoms with Gasteiger partial charge >= 0.3 is 0 Å². The molecule has 0 radical (unpaired) electrons. The first kappa shape index (κ1) is 13.6. The number of benzene rings is 2. The molecule has 3 aromatic rings. The van der Waals surface area contributed by atoms with Crippen molar-refractivity contribution in [3.63, 3.8) is 0 Å². The maximum atomic E-state index is 5.86. The zero-order valence-corrected chi connectivity index (χ0v) is 12.6. The Labute approximate surface area is 128 Å². The van der Waals surface area contributed by atoms with Crippen LogP contribution in [0.4, 0.5) is 5.69 Å². The molecular formula is C17H16N2OS. The Morgan fingerprint density at radius 2 is 1.90 bits per heavy atom. The van der Waals surface area contributed by atoms with Crippen LogP contribution in [0.1, 0.15) is 6.92 Å². The van der Waals surface area contributed by atoms with Gasteiger partial charge in [-0.25, -0.2) is 0 Å². The van der Waals surface area contributed by atoms with Gasteiger partial charge in [-0.15, -0.1) is 0 Å². The summed E-state index contributed by atoms with van der Waals surface area (Å²) in [6.07, 6.45) is 0. The number of rotatable bonds is 3. The minimum absolute atomic E-state index is 0.577. The van der Waals surface area contributed by atoms with Crippen LogP contribution in [0.5, 0.6) is 0 Å². The van der Waals surface area contributed by atoms with Crippen molar-refractivity contribution in [1.29, 1.82) is 0 Å². The van der Waals surface area contributed by atoms with Gasteiger partial charge in [0.05, 0.1) is 0 Å². The molecule has 1 heterocycles. The van der Waals surface area contributed by atoms with Gasteiger partial charge in [0.1, 0.15) is 11.2 Å². The standard InChI is InChI=1S/C17H16N2OS/c1-11(2)10-18-17(21)19-12-7-8-14-13-5-3-4-6-15(13)20-16(14)9-12/h3-9H,1,10H2,2H3,(H2,18,19,21). The summed E-state index contributed by atoms with van der Waals surface area (Å²) in [7, 11) is 0. The number of hydrogen-bond acceptors (Lipinski definition) is 2. The van der Waals surface area contributed by atoms with E-state index in [1.54, 1.807) is 0 Å². The highest BCUT2D eigenvalue weighted by molar-refractivity contribution is 7.80. The van der Waals surface area contributed by atoms with Crippen LogP contribution in [0.15, 0.2) is 59.0 Å². The van der Waals surface area contributed by atoms with E-state index in [9.17, 15) is 0 Å². The lowest BCUT2D eigenvalue weighted by molar-refractivity contribution is 0.669. The van der Waals surface area contributed by atoms with Gasteiger partial charge in [0, 0.05) is 29.1 Å². The predicted octanol–water partition coefficient (Wildman–Crippen LogP) is 4.45.